The van der Waals surface area contributed by atoms with Gasteiger partial charge in [0.05, 0.1) is 5.69 Å². The third-order valence-electron chi connectivity index (χ3n) is 3.56. The van der Waals surface area contributed by atoms with Crippen LogP contribution in [-0.2, 0) is 6.42 Å². The van der Waals surface area contributed by atoms with Crippen LogP contribution >= 0.6 is 0 Å². The Morgan fingerprint density at radius 1 is 1.35 bits per heavy atom. The van der Waals surface area contributed by atoms with Gasteiger partial charge >= 0.3 is 0 Å². The Morgan fingerprint density at radius 3 is 2.65 bits per heavy atom. The van der Waals surface area contributed by atoms with E-state index >= 15 is 0 Å². The fourth-order valence-electron chi connectivity index (χ4n) is 2.63. The highest BCUT2D eigenvalue weighted by Gasteiger charge is 2.22. The molecule has 0 spiro atoms. The number of fused-ring (bicyclic) bond motifs is 1. The second-order valence-corrected chi connectivity index (χ2v) is 4.85. The van der Waals surface area contributed by atoms with E-state index in [0.717, 1.165) is 36.0 Å². The minimum absolute atomic E-state index is 0.166. The van der Waals surface area contributed by atoms with Crippen molar-refractivity contribution in [3.05, 3.63) is 34.1 Å². The van der Waals surface area contributed by atoms with Crippen molar-refractivity contribution in [1.82, 2.24) is 0 Å². The lowest BCUT2D eigenvalue weighted by atomic mass is 9.82. The lowest BCUT2D eigenvalue weighted by molar-refractivity contribution is 0.613. The van der Waals surface area contributed by atoms with Crippen LogP contribution in [0.2, 0.25) is 0 Å². The van der Waals surface area contributed by atoms with Gasteiger partial charge < -0.3 is 0 Å². The van der Waals surface area contributed by atoms with Crippen molar-refractivity contribution in [2.24, 2.45) is 4.99 Å². The molecule has 2 heteroatoms. The molecule has 0 atom stereocenters. The van der Waals surface area contributed by atoms with E-state index in [2.05, 4.69) is 25.6 Å². The van der Waals surface area contributed by atoms with Crippen molar-refractivity contribution in [1.29, 1.82) is 0 Å². The quantitative estimate of drug-likeness (QED) is 0.626. The summed E-state index contributed by atoms with van der Waals surface area (Å²) in [5.74, 6) is -0.166. The smallest absolute Gasteiger partial charge is 0.128 e. The van der Waals surface area contributed by atoms with Crippen LogP contribution in [0.5, 0.6) is 0 Å². The Balaban J connectivity index is 2.81. The van der Waals surface area contributed by atoms with E-state index in [0.29, 0.717) is 5.69 Å². The van der Waals surface area contributed by atoms with Gasteiger partial charge in [0.15, 0.2) is 0 Å². The molecular weight excluding hydrogens is 213 g/mol. The summed E-state index contributed by atoms with van der Waals surface area (Å²) in [5.41, 5.74) is 6.32. The zero-order valence-corrected chi connectivity index (χ0v) is 10.7. The lowest BCUT2D eigenvalue weighted by Crippen LogP contribution is -2.07. The molecule has 1 nitrogen and oxygen atoms in total. The van der Waals surface area contributed by atoms with E-state index in [4.69, 9.17) is 0 Å². The number of nitrogens with zero attached hydrogens (tertiary/aromatic N) is 1. The molecule has 0 bridgehead atoms. The van der Waals surface area contributed by atoms with Crippen molar-refractivity contribution >= 4 is 18.0 Å². The van der Waals surface area contributed by atoms with Gasteiger partial charge in [-0.15, -0.1) is 0 Å². The third kappa shape index (κ3) is 1.92. The highest BCUT2D eigenvalue weighted by atomic mass is 19.1. The molecule has 2 rings (SSSR count). The van der Waals surface area contributed by atoms with Crippen LogP contribution in [0, 0.1) is 12.7 Å². The average molecular weight is 231 g/mol. The predicted molar refractivity (Wildman–Crippen MR) is 71.6 cm³/mol. The fraction of sp³-hybridized carbons (Fsp3) is 0.400. The number of benzene rings is 1. The van der Waals surface area contributed by atoms with Crippen LogP contribution in [0.15, 0.2) is 16.6 Å². The first-order valence-electron chi connectivity index (χ1n) is 6.01. The fourth-order valence-corrected chi connectivity index (χ4v) is 2.63. The molecule has 0 N–H and O–H groups in total. The Hall–Kier alpha value is -1.44. The van der Waals surface area contributed by atoms with Crippen LogP contribution in [0.25, 0.3) is 5.57 Å². The molecule has 0 radical (unpaired) electrons. The van der Waals surface area contributed by atoms with Gasteiger partial charge in [0, 0.05) is 11.6 Å². The van der Waals surface area contributed by atoms with Crippen LogP contribution in [0.1, 0.15) is 43.4 Å². The topological polar surface area (TPSA) is 12.4 Å². The van der Waals surface area contributed by atoms with Crippen molar-refractivity contribution in [2.75, 3.05) is 0 Å². The second kappa shape index (κ2) is 4.44. The number of halogens is 1. The monoisotopic (exact) mass is 231 g/mol. The van der Waals surface area contributed by atoms with Crippen molar-refractivity contribution in [2.45, 2.75) is 40.0 Å². The molecule has 0 aliphatic heterocycles. The summed E-state index contributed by atoms with van der Waals surface area (Å²) in [7, 11) is 0. The zero-order chi connectivity index (χ0) is 12.6. The summed E-state index contributed by atoms with van der Waals surface area (Å²) in [5, 5.41) is 0. The molecule has 0 amide bonds. The van der Waals surface area contributed by atoms with Crippen LogP contribution in [-0.4, -0.2) is 6.72 Å². The van der Waals surface area contributed by atoms with Gasteiger partial charge in [0.25, 0.3) is 0 Å². The summed E-state index contributed by atoms with van der Waals surface area (Å²) in [6.45, 7) is 9.63. The number of hydrogen-bond donors (Lipinski definition) is 0. The molecule has 0 unspecified atom stereocenters. The van der Waals surface area contributed by atoms with Crippen LogP contribution < -0.4 is 0 Å². The maximum Gasteiger partial charge on any atom is 0.128 e. The maximum atomic E-state index is 13.8. The number of allylic oxidation sites excluding steroid dienone is 2. The van der Waals surface area contributed by atoms with Crippen molar-refractivity contribution in [3.8, 4) is 0 Å². The van der Waals surface area contributed by atoms with Crippen molar-refractivity contribution < 1.29 is 4.39 Å². The lowest BCUT2D eigenvalue weighted by Gasteiger charge is -2.24. The molecule has 0 fully saturated rings. The third-order valence-corrected chi connectivity index (χ3v) is 3.56. The summed E-state index contributed by atoms with van der Waals surface area (Å²) < 4.78 is 13.8. The Kier molecular flexibility index (Phi) is 3.14. The molecule has 0 aromatic heterocycles. The molecule has 0 saturated carbocycles. The predicted octanol–water partition coefficient (Wildman–Crippen LogP) is 4.60. The molecule has 1 aliphatic carbocycles. The number of hydrogen-bond acceptors (Lipinski definition) is 1. The Morgan fingerprint density at radius 2 is 2.06 bits per heavy atom. The highest BCUT2D eigenvalue weighted by molar-refractivity contribution is 5.81. The van der Waals surface area contributed by atoms with Gasteiger partial charge in [-0.1, -0.05) is 5.57 Å². The Bertz CT molecular complexity index is 508. The standard InChI is InChI=1S/C15H18FN/c1-9(2)11-6-5-7-12-10(3)13(16)8-14(17-4)15(11)12/h8H,4-7H2,1-3H3. The van der Waals surface area contributed by atoms with E-state index in [9.17, 15) is 4.39 Å². The number of rotatable bonds is 1. The van der Waals surface area contributed by atoms with E-state index < -0.39 is 0 Å². The summed E-state index contributed by atoms with van der Waals surface area (Å²) in [6.07, 6.45) is 3.09. The first kappa shape index (κ1) is 12.0. The van der Waals surface area contributed by atoms with Gasteiger partial charge in [-0.2, -0.15) is 0 Å². The SMILES string of the molecule is C=Nc1cc(F)c(C)c2c1C(=C(C)C)CCC2. The molecule has 1 aromatic carbocycles. The summed E-state index contributed by atoms with van der Waals surface area (Å²) in [4.78, 5) is 3.99. The average Bonchev–Trinajstić information content (AvgIpc) is 2.32. The van der Waals surface area contributed by atoms with Gasteiger partial charge in [-0.3, -0.25) is 4.99 Å². The molecule has 1 aliphatic rings. The zero-order valence-electron chi connectivity index (χ0n) is 10.7. The van der Waals surface area contributed by atoms with E-state index in [-0.39, 0.29) is 5.82 Å². The first-order chi connectivity index (χ1) is 8.06. The first-order valence-corrected chi connectivity index (χ1v) is 6.01. The van der Waals surface area contributed by atoms with Crippen LogP contribution in [0.4, 0.5) is 10.1 Å². The largest absolute Gasteiger partial charge is 0.264 e. The normalized spacial score (nSPS) is 14.5. The van der Waals surface area contributed by atoms with Gasteiger partial charge in [-0.25, -0.2) is 4.39 Å². The summed E-state index contributed by atoms with van der Waals surface area (Å²) >= 11 is 0. The van der Waals surface area contributed by atoms with E-state index in [1.807, 2.05) is 6.92 Å². The molecule has 0 saturated heterocycles. The molecule has 0 heterocycles. The minimum atomic E-state index is -0.166. The molecule has 17 heavy (non-hydrogen) atoms. The van der Waals surface area contributed by atoms with E-state index in [1.165, 1.54) is 17.2 Å². The molecular formula is C15H18FN. The van der Waals surface area contributed by atoms with Crippen LogP contribution in [0.3, 0.4) is 0 Å². The maximum absolute atomic E-state index is 13.8. The highest BCUT2D eigenvalue weighted by Crippen LogP contribution is 2.41. The molecule has 1 aromatic rings. The minimum Gasteiger partial charge on any atom is -0.264 e. The molecule has 90 valence electrons. The summed E-state index contributed by atoms with van der Waals surface area (Å²) in [6, 6.07) is 1.51. The van der Waals surface area contributed by atoms with Crippen molar-refractivity contribution in [3.63, 3.8) is 0 Å². The van der Waals surface area contributed by atoms with E-state index in [1.54, 1.807) is 0 Å². The number of aliphatic imine (C=N–C) groups is 1. The second-order valence-electron chi connectivity index (χ2n) is 4.85. The van der Waals surface area contributed by atoms with Gasteiger partial charge in [-0.05, 0) is 63.5 Å². The van der Waals surface area contributed by atoms with Gasteiger partial charge in [0.1, 0.15) is 5.82 Å². The Labute approximate surface area is 102 Å². The van der Waals surface area contributed by atoms with Gasteiger partial charge in [0.2, 0.25) is 0 Å².